The zero-order valence-electron chi connectivity index (χ0n) is 21.3. The molecule has 2 aliphatic rings. The summed E-state index contributed by atoms with van der Waals surface area (Å²) in [5.41, 5.74) is -1.17. The first-order chi connectivity index (χ1) is 18.5. The Balaban J connectivity index is 1.39. The second kappa shape index (κ2) is 9.67. The van der Waals surface area contributed by atoms with E-state index in [1.165, 1.54) is 37.4 Å². The molecule has 4 atom stereocenters. The number of nitro benzene ring substituents is 1. The number of hydrogen-bond acceptors (Lipinski definition) is 11. The number of methoxy groups -OCH3 is 1. The number of carbonyl (C=O) groups excluding carboxylic acids is 2. The summed E-state index contributed by atoms with van der Waals surface area (Å²) in [7, 11) is 1.48. The highest BCUT2D eigenvalue weighted by Gasteiger charge is 2.59. The van der Waals surface area contributed by atoms with Gasteiger partial charge in [-0.1, -0.05) is 0 Å². The van der Waals surface area contributed by atoms with Gasteiger partial charge in [0, 0.05) is 35.8 Å². The number of rotatable bonds is 6. The number of nitrogens with zero attached hydrogens (tertiary/aromatic N) is 1. The molecule has 0 unspecified atom stereocenters. The first-order valence-electron chi connectivity index (χ1n) is 11.9. The highest BCUT2D eigenvalue weighted by atomic mass is 16.8. The van der Waals surface area contributed by atoms with Crippen molar-refractivity contribution in [3.8, 4) is 5.75 Å². The summed E-state index contributed by atoms with van der Waals surface area (Å²) in [6, 6.07) is 9.66. The molecule has 39 heavy (non-hydrogen) atoms. The van der Waals surface area contributed by atoms with Crippen LogP contribution in [-0.4, -0.2) is 54.3 Å². The third-order valence-corrected chi connectivity index (χ3v) is 6.65. The molecule has 2 fully saturated rings. The molecular weight excluding hydrogens is 516 g/mol. The molecule has 1 amide bonds. The van der Waals surface area contributed by atoms with Crippen LogP contribution in [0.25, 0.3) is 11.0 Å². The molecular formula is C26H24N2O11. The molecule has 13 heteroatoms. The van der Waals surface area contributed by atoms with Crippen molar-refractivity contribution in [2.45, 2.75) is 51.0 Å². The van der Waals surface area contributed by atoms with Crippen LogP contribution in [0.1, 0.15) is 29.8 Å². The number of carbonyl (C=O) groups is 2. The summed E-state index contributed by atoms with van der Waals surface area (Å²) in [4.78, 5) is 47.4. The second-order valence-electron chi connectivity index (χ2n) is 9.59. The van der Waals surface area contributed by atoms with E-state index in [1.54, 1.807) is 32.9 Å². The molecule has 0 bridgehead atoms. The molecule has 2 aliphatic heterocycles. The van der Waals surface area contributed by atoms with Gasteiger partial charge in [-0.2, -0.15) is 0 Å². The van der Waals surface area contributed by atoms with Gasteiger partial charge in [0.25, 0.3) is 11.6 Å². The third kappa shape index (κ3) is 4.77. The maximum absolute atomic E-state index is 12.7. The van der Waals surface area contributed by atoms with Gasteiger partial charge in [0.2, 0.25) is 12.4 Å². The van der Waals surface area contributed by atoms with Crippen molar-refractivity contribution in [2.24, 2.45) is 0 Å². The Kier molecular flexibility index (Phi) is 6.48. The number of non-ortho nitro benzene ring substituents is 1. The fourth-order valence-electron chi connectivity index (χ4n) is 4.74. The Hall–Kier alpha value is -4.49. The van der Waals surface area contributed by atoms with Crippen LogP contribution in [0.2, 0.25) is 0 Å². The Bertz CT molecular complexity index is 1530. The lowest BCUT2D eigenvalue weighted by molar-refractivity contribution is -0.384. The van der Waals surface area contributed by atoms with Gasteiger partial charge in [0.05, 0.1) is 10.5 Å². The smallest absolute Gasteiger partial charge is 0.460 e. The number of hydrogen-bond donors (Lipinski definition) is 1. The summed E-state index contributed by atoms with van der Waals surface area (Å²) in [5.74, 6) is -0.325. The van der Waals surface area contributed by atoms with Crippen molar-refractivity contribution in [3.63, 3.8) is 0 Å². The van der Waals surface area contributed by atoms with E-state index in [-0.39, 0.29) is 22.5 Å². The number of anilines is 1. The van der Waals surface area contributed by atoms with Crippen LogP contribution in [0.4, 0.5) is 16.2 Å². The second-order valence-corrected chi connectivity index (χ2v) is 9.59. The van der Waals surface area contributed by atoms with Gasteiger partial charge in [-0.05, 0) is 51.1 Å². The Morgan fingerprint density at radius 1 is 1.08 bits per heavy atom. The number of fused-ring (bicyclic) bond motifs is 2. The SMILES string of the molecule is CO[C@@H]1[C@@H]2OC(=O)O[C@@H]2[C@H](Oc2ccc3cc(NC(=O)c4ccc([N+](=O)[O-])cc4)c(=O)oc3c2C)OC1(C)C. The predicted molar refractivity (Wildman–Crippen MR) is 134 cm³/mol. The molecule has 1 N–H and O–H groups in total. The largest absolute Gasteiger partial charge is 0.509 e. The van der Waals surface area contributed by atoms with E-state index < -0.39 is 52.8 Å². The quantitative estimate of drug-likeness (QED) is 0.210. The zero-order valence-corrected chi connectivity index (χ0v) is 21.3. The van der Waals surface area contributed by atoms with E-state index in [9.17, 15) is 24.5 Å². The fourth-order valence-corrected chi connectivity index (χ4v) is 4.74. The van der Waals surface area contributed by atoms with Gasteiger partial charge in [0.1, 0.15) is 23.1 Å². The van der Waals surface area contributed by atoms with Crippen LogP contribution in [0, 0.1) is 17.0 Å². The zero-order chi connectivity index (χ0) is 28.1. The van der Waals surface area contributed by atoms with Crippen molar-refractivity contribution in [1.29, 1.82) is 0 Å². The highest BCUT2D eigenvalue weighted by molar-refractivity contribution is 6.05. The van der Waals surface area contributed by atoms with Crippen molar-refractivity contribution < 1.29 is 42.6 Å². The van der Waals surface area contributed by atoms with Crippen LogP contribution in [0.15, 0.2) is 51.7 Å². The molecule has 5 rings (SSSR count). The minimum Gasteiger partial charge on any atom is -0.460 e. The minimum atomic E-state index is -1.04. The molecule has 0 saturated carbocycles. The molecule has 3 aromatic rings. The van der Waals surface area contributed by atoms with E-state index >= 15 is 0 Å². The summed E-state index contributed by atoms with van der Waals surface area (Å²) in [6.45, 7) is 5.23. The Morgan fingerprint density at radius 3 is 2.44 bits per heavy atom. The summed E-state index contributed by atoms with van der Waals surface area (Å²) < 4.78 is 33.8. The fraction of sp³-hybridized carbons (Fsp3) is 0.346. The maximum Gasteiger partial charge on any atom is 0.509 e. The average molecular weight is 540 g/mol. The number of aryl methyl sites for hydroxylation is 1. The van der Waals surface area contributed by atoms with E-state index in [1.807, 2.05) is 0 Å². The monoisotopic (exact) mass is 540 g/mol. The van der Waals surface area contributed by atoms with Crippen LogP contribution >= 0.6 is 0 Å². The average Bonchev–Trinajstić information content (AvgIpc) is 3.27. The third-order valence-electron chi connectivity index (χ3n) is 6.65. The molecule has 3 heterocycles. The van der Waals surface area contributed by atoms with Gasteiger partial charge in [0.15, 0.2) is 6.10 Å². The summed E-state index contributed by atoms with van der Waals surface area (Å²) >= 11 is 0. The standard InChI is InChI=1S/C26H24N2O11/c1-12-17(35-24-20-19(37-25(31)38-20)21(34-4)26(2,3)39-24)10-7-14-11-16(23(30)36-18(12)14)27-22(29)13-5-8-15(9-6-13)28(32)33/h5-11,19-21,24H,1-4H3,(H,27,29)/t19-,20+,21-,24-/m1/s1. The molecule has 2 saturated heterocycles. The topological polar surface area (TPSA) is 166 Å². The maximum atomic E-state index is 12.7. The summed E-state index contributed by atoms with van der Waals surface area (Å²) in [6.07, 6.45) is -4.13. The van der Waals surface area contributed by atoms with E-state index in [0.717, 1.165) is 0 Å². The lowest BCUT2D eigenvalue weighted by Crippen LogP contribution is -2.62. The lowest BCUT2D eigenvalue weighted by atomic mass is 9.89. The van der Waals surface area contributed by atoms with E-state index in [4.69, 9.17) is 28.1 Å². The Labute approximate surface area is 220 Å². The van der Waals surface area contributed by atoms with Crippen molar-refractivity contribution >= 4 is 34.4 Å². The molecule has 13 nitrogen and oxygen atoms in total. The molecule has 0 radical (unpaired) electrons. The first kappa shape index (κ1) is 26.1. The Morgan fingerprint density at radius 2 is 1.77 bits per heavy atom. The van der Waals surface area contributed by atoms with Crippen LogP contribution in [-0.2, 0) is 18.9 Å². The van der Waals surface area contributed by atoms with E-state index in [0.29, 0.717) is 16.7 Å². The van der Waals surface area contributed by atoms with Crippen LogP contribution in [0.5, 0.6) is 5.75 Å². The van der Waals surface area contributed by atoms with Crippen LogP contribution < -0.4 is 15.7 Å². The van der Waals surface area contributed by atoms with Crippen molar-refractivity contribution in [1.82, 2.24) is 0 Å². The molecule has 1 aromatic heterocycles. The minimum absolute atomic E-state index is 0.111. The number of nitro groups is 1. The lowest BCUT2D eigenvalue weighted by Gasteiger charge is -2.45. The van der Waals surface area contributed by atoms with Crippen molar-refractivity contribution in [2.75, 3.05) is 12.4 Å². The normalized spacial score (nSPS) is 23.4. The molecule has 2 aromatic carbocycles. The van der Waals surface area contributed by atoms with Gasteiger partial charge in [-0.3, -0.25) is 14.9 Å². The molecule has 204 valence electrons. The number of benzene rings is 2. The van der Waals surface area contributed by atoms with Crippen LogP contribution in [0.3, 0.4) is 0 Å². The van der Waals surface area contributed by atoms with Gasteiger partial charge >= 0.3 is 11.8 Å². The predicted octanol–water partition coefficient (Wildman–Crippen LogP) is 3.69. The highest BCUT2D eigenvalue weighted by Crippen LogP contribution is 2.39. The summed E-state index contributed by atoms with van der Waals surface area (Å²) in [5, 5.41) is 13.8. The number of ether oxygens (including phenoxy) is 5. The first-order valence-corrected chi connectivity index (χ1v) is 11.9. The number of nitrogens with one attached hydrogen (secondary N) is 1. The van der Waals surface area contributed by atoms with Gasteiger partial charge < -0.3 is 33.4 Å². The van der Waals surface area contributed by atoms with E-state index in [2.05, 4.69) is 5.32 Å². The number of amides is 1. The van der Waals surface area contributed by atoms with Gasteiger partial charge in [-0.25, -0.2) is 9.59 Å². The van der Waals surface area contributed by atoms with Gasteiger partial charge in [-0.15, -0.1) is 0 Å². The van der Waals surface area contributed by atoms with Crippen molar-refractivity contribution in [3.05, 3.63) is 74.1 Å². The molecule has 0 aliphatic carbocycles. The molecule has 0 spiro atoms.